The van der Waals surface area contributed by atoms with Gasteiger partial charge in [0.2, 0.25) is 5.91 Å². The Balaban J connectivity index is 1.90. The Morgan fingerprint density at radius 2 is 1.84 bits per heavy atom. The number of anilines is 1. The van der Waals surface area contributed by atoms with Crippen LogP contribution in [0.1, 0.15) is 38.2 Å². The zero-order valence-electron chi connectivity index (χ0n) is 18.1. The lowest BCUT2D eigenvalue weighted by atomic mass is 10.00. The lowest BCUT2D eigenvalue weighted by Gasteiger charge is -2.26. The molecular formula is C24H30N2O4S. The Bertz CT molecular complexity index is 1030. The average Bonchev–Trinajstić information content (AvgIpc) is 2.78. The lowest BCUT2D eigenvalue weighted by Crippen LogP contribution is -2.41. The normalized spacial score (nSPS) is 13.9. The van der Waals surface area contributed by atoms with Crippen molar-refractivity contribution in [2.75, 3.05) is 24.0 Å². The van der Waals surface area contributed by atoms with Crippen LogP contribution in [0, 0.1) is 6.92 Å². The predicted molar refractivity (Wildman–Crippen MR) is 123 cm³/mol. The molecule has 0 heterocycles. The highest BCUT2D eigenvalue weighted by atomic mass is 32.2. The fraction of sp³-hybridized carbons (Fsp3) is 0.375. The number of rotatable bonds is 9. The van der Waals surface area contributed by atoms with Gasteiger partial charge in [-0.2, -0.15) is 0 Å². The van der Waals surface area contributed by atoms with Gasteiger partial charge in [0.25, 0.3) is 10.0 Å². The first-order valence-electron chi connectivity index (χ1n) is 10.7. The van der Waals surface area contributed by atoms with Crippen molar-refractivity contribution < 1.29 is 17.9 Å². The molecule has 31 heavy (non-hydrogen) atoms. The molecule has 166 valence electrons. The van der Waals surface area contributed by atoms with E-state index in [2.05, 4.69) is 11.4 Å². The molecule has 0 bridgehead atoms. The van der Waals surface area contributed by atoms with E-state index in [1.807, 2.05) is 13.8 Å². The van der Waals surface area contributed by atoms with Crippen molar-refractivity contribution in [3.05, 3.63) is 65.7 Å². The summed E-state index contributed by atoms with van der Waals surface area (Å²) in [5.41, 5.74) is 2.50. The van der Waals surface area contributed by atoms with Crippen LogP contribution in [0.2, 0.25) is 0 Å². The van der Waals surface area contributed by atoms with E-state index in [0.717, 1.165) is 29.1 Å². The number of carbonyl (C=O) groups is 1. The number of allylic oxidation sites excluding steroid dienone is 1. The van der Waals surface area contributed by atoms with Crippen molar-refractivity contribution in [2.45, 2.75) is 44.4 Å². The second kappa shape index (κ2) is 10.5. The van der Waals surface area contributed by atoms with Gasteiger partial charge < -0.3 is 10.1 Å². The topological polar surface area (TPSA) is 75.7 Å². The molecule has 0 aromatic heterocycles. The molecule has 0 aliphatic heterocycles. The number of amides is 1. The zero-order chi connectivity index (χ0) is 22.3. The first-order chi connectivity index (χ1) is 14.9. The van der Waals surface area contributed by atoms with Crippen molar-refractivity contribution in [1.82, 2.24) is 5.32 Å². The maximum atomic E-state index is 13.5. The van der Waals surface area contributed by atoms with E-state index in [0.29, 0.717) is 24.6 Å². The Labute approximate surface area is 185 Å². The Kier molecular flexibility index (Phi) is 7.74. The van der Waals surface area contributed by atoms with Gasteiger partial charge in [0, 0.05) is 6.54 Å². The second-order valence-corrected chi connectivity index (χ2v) is 9.47. The SMILES string of the molecule is CCOc1ccccc1N(CC(=O)NCC1=CCCCC1)S(=O)(=O)c1ccc(C)cc1. The molecule has 2 aromatic carbocycles. The molecule has 0 fully saturated rings. The lowest BCUT2D eigenvalue weighted by molar-refractivity contribution is -0.119. The van der Waals surface area contributed by atoms with Gasteiger partial charge in [-0.1, -0.05) is 41.5 Å². The average molecular weight is 443 g/mol. The van der Waals surface area contributed by atoms with Crippen molar-refractivity contribution >= 4 is 21.6 Å². The Hall–Kier alpha value is -2.80. The summed E-state index contributed by atoms with van der Waals surface area (Å²) in [6, 6.07) is 13.5. The molecule has 0 unspecified atom stereocenters. The summed E-state index contributed by atoms with van der Waals surface area (Å²) in [6.07, 6.45) is 6.46. The van der Waals surface area contributed by atoms with E-state index in [9.17, 15) is 13.2 Å². The standard InChI is InChI=1S/C24H30N2O4S/c1-3-30-23-12-8-7-11-22(23)26(31(28,29)21-15-13-19(2)14-16-21)18-24(27)25-17-20-9-5-4-6-10-20/h7-9,11-16H,3-6,10,17-18H2,1-2H3,(H,25,27). The summed E-state index contributed by atoms with van der Waals surface area (Å²) in [4.78, 5) is 12.9. The third-order valence-electron chi connectivity index (χ3n) is 5.23. The minimum Gasteiger partial charge on any atom is -0.492 e. The van der Waals surface area contributed by atoms with Crippen LogP contribution in [-0.4, -0.2) is 34.0 Å². The van der Waals surface area contributed by atoms with Gasteiger partial charge in [0.15, 0.2) is 0 Å². The fourth-order valence-corrected chi connectivity index (χ4v) is 4.97. The monoisotopic (exact) mass is 442 g/mol. The van der Waals surface area contributed by atoms with Gasteiger partial charge in [-0.3, -0.25) is 9.10 Å². The van der Waals surface area contributed by atoms with Gasteiger partial charge >= 0.3 is 0 Å². The van der Waals surface area contributed by atoms with Crippen LogP contribution in [0.5, 0.6) is 5.75 Å². The molecule has 1 N–H and O–H groups in total. The van der Waals surface area contributed by atoms with Crippen molar-refractivity contribution in [1.29, 1.82) is 0 Å². The number of hydrogen-bond donors (Lipinski definition) is 1. The van der Waals surface area contributed by atoms with Gasteiger partial charge in [0.1, 0.15) is 12.3 Å². The Morgan fingerprint density at radius 1 is 1.10 bits per heavy atom. The van der Waals surface area contributed by atoms with Crippen LogP contribution in [0.15, 0.2) is 65.1 Å². The summed E-state index contributed by atoms with van der Waals surface area (Å²) in [5.74, 6) is 0.0666. The molecule has 7 heteroatoms. The molecule has 3 rings (SSSR count). The predicted octanol–water partition coefficient (Wildman–Crippen LogP) is 4.21. The molecule has 1 amide bonds. The summed E-state index contributed by atoms with van der Waals surface area (Å²) in [7, 11) is -3.97. The van der Waals surface area contributed by atoms with Crippen molar-refractivity contribution in [2.24, 2.45) is 0 Å². The largest absolute Gasteiger partial charge is 0.492 e. The number of hydrogen-bond acceptors (Lipinski definition) is 4. The first kappa shape index (κ1) is 22.9. The molecular weight excluding hydrogens is 412 g/mol. The summed E-state index contributed by atoms with van der Waals surface area (Å²) >= 11 is 0. The van der Waals surface area contributed by atoms with Crippen LogP contribution in [0.4, 0.5) is 5.69 Å². The smallest absolute Gasteiger partial charge is 0.264 e. The maximum Gasteiger partial charge on any atom is 0.264 e. The van der Waals surface area contributed by atoms with Crippen LogP contribution < -0.4 is 14.4 Å². The highest BCUT2D eigenvalue weighted by Crippen LogP contribution is 2.32. The van der Waals surface area contributed by atoms with E-state index in [1.165, 1.54) is 12.0 Å². The number of carbonyl (C=O) groups excluding carboxylic acids is 1. The third kappa shape index (κ3) is 5.88. The van der Waals surface area contributed by atoms with Gasteiger partial charge in [-0.25, -0.2) is 8.42 Å². The molecule has 2 aromatic rings. The van der Waals surface area contributed by atoms with E-state index < -0.39 is 10.0 Å². The second-order valence-electron chi connectivity index (χ2n) is 7.61. The number of sulfonamides is 1. The third-order valence-corrected chi connectivity index (χ3v) is 7.00. The molecule has 6 nitrogen and oxygen atoms in total. The molecule has 0 saturated carbocycles. The van der Waals surface area contributed by atoms with Crippen LogP contribution in [-0.2, 0) is 14.8 Å². The number of nitrogens with zero attached hydrogens (tertiary/aromatic N) is 1. The molecule has 0 radical (unpaired) electrons. The van der Waals surface area contributed by atoms with E-state index in [4.69, 9.17) is 4.74 Å². The highest BCUT2D eigenvalue weighted by Gasteiger charge is 2.29. The molecule has 0 spiro atoms. The van der Waals surface area contributed by atoms with Crippen LogP contribution >= 0.6 is 0 Å². The zero-order valence-corrected chi connectivity index (χ0v) is 19.0. The quantitative estimate of drug-likeness (QED) is 0.591. The number of ether oxygens (including phenoxy) is 1. The minimum absolute atomic E-state index is 0.132. The minimum atomic E-state index is -3.97. The number of aryl methyl sites for hydroxylation is 1. The number of para-hydroxylation sites is 2. The number of benzene rings is 2. The first-order valence-corrected chi connectivity index (χ1v) is 12.1. The molecule has 0 saturated heterocycles. The summed E-state index contributed by atoms with van der Waals surface area (Å²) in [5, 5.41) is 2.88. The summed E-state index contributed by atoms with van der Waals surface area (Å²) < 4.78 is 33.8. The Morgan fingerprint density at radius 3 is 2.52 bits per heavy atom. The van der Waals surface area contributed by atoms with Crippen molar-refractivity contribution in [3.8, 4) is 5.75 Å². The van der Waals surface area contributed by atoms with E-state index >= 15 is 0 Å². The number of nitrogens with one attached hydrogen (secondary N) is 1. The van der Waals surface area contributed by atoms with Gasteiger partial charge in [-0.15, -0.1) is 0 Å². The van der Waals surface area contributed by atoms with Crippen LogP contribution in [0.3, 0.4) is 0 Å². The van der Waals surface area contributed by atoms with E-state index in [-0.39, 0.29) is 17.3 Å². The molecule has 1 aliphatic carbocycles. The van der Waals surface area contributed by atoms with Gasteiger partial charge in [-0.05, 0) is 63.8 Å². The van der Waals surface area contributed by atoms with E-state index in [1.54, 1.807) is 48.5 Å². The molecule has 1 aliphatic rings. The fourth-order valence-electron chi connectivity index (χ4n) is 3.54. The molecule has 0 atom stereocenters. The summed E-state index contributed by atoms with van der Waals surface area (Å²) in [6.45, 7) is 4.24. The van der Waals surface area contributed by atoms with Crippen LogP contribution in [0.25, 0.3) is 0 Å². The van der Waals surface area contributed by atoms with Gasteiger partial charge in [0.05, 0.1) is 17.2 Å². The maximum absolute atomic E-state index is 13.5. The highest BCUT2D eigenvalue weighted by molar-refractivity contribution is 7.92. The van der Waals surface area contributed by atoms with Crippen molar-refractivity contribution in [3.63, 3.8) is 0 Å².